The van der Waals surface area contributed by atoms with Crippen molar-refractivity contribution in [3.63, 3.8) is 0 Å². The monoisotopic (exact) mass is 686 g/mol. The Labute approximate surface area is 275 Å². The van der Waals surface area contributed by atoms with Crippen LogP contribution >= 0.6 is 70.6 Å². The van der Waals surface area contributed by atoms with Crippen LogP contribution in [0.3, 0.4) is 0 Å². The van der Waals surface area contributed by atoms with Crippen LogP contribution in [-0.2, 0) is 0 Å². The SMILES string of the molecule is O=[N+]([O-])C12CCCSCCCSCCCC([N+](=O)[O-])(CCCSCCCSCCC1)CCCSCCCSCCC2. The van der Waals surface area contributed by atoms with Gasteiger partial charge in [0.05, 0.1) is 0 Å². The first-order chi connectivity index (χ1) is 20.0. The van der Waals surface area contributed by atoms with Gasteiger partial charge in [-0.1, -0.05) is 0 Å². The van der Waals surface area contributed by atoms with Gasteiger partial charge in [-0.3, -0.25) is 20.2 Å². The zero-order valence-corrected chi connectivity index (χ0v) is 30.0. The molecule has 0 aliphatic carbocycles. The van der Waals surface area contributed by atoms with Crippen molar-refractivity contribution in [1.29, 1.82) is 0 Å². The second kappa shape index (κ2) is 24.2. The maximum Gasteiger partial charge on any atom is 0.222 e. The van der Waals surface area contributed by atoms with E-state index in [1.54, 1.807) is 0 Å². The first-order valence-electron chi connectivity index (χ1n) is 15.8. The lowest BCUT2D eigenvalue weighted by Crippen LogP contribution is -2.39. The molecule has 0 radical (unpaired) electrons. The molecule has 0 aromatic heterocycles. The number of fused-ring (bicyclic) bond motifs is 30. The lowest BCUT2D eigenvalue weighted by atomic mass is 9.85. The molecule has 3 fully saturated rings. The summed E-state index contributed by atoms with van der Waals surface area (Å²) in [5.74, 6) is 12.6. The average Bonchev–Trinajstić information content (AvgIpc) is 2.95. The van der Waals surface area contributed by atoms with Crippen molar-refractivity contribution < 1.29 is 9.85 Å². The molecule has 0 spiro atoms. The Morgan fingerprint density at radius 3 is 0.683 bits per heavy atom. The lowest BCUT2D eigenvalue weighted by molar-refractivity contribution is -0.574. The normalized spacial score (nSPS) is 29.8. The van der Waals surface area contributed by atoms with Crippen LogP contribution in [0.1, 0.15) is 96.3 Å². The molecule has 6 nitrogen and oxygen atoms in total. The predicted octanol–water partition coefficient (Wildman–Crippen LogP) is 9.30. The molecule has 0 aromatic carbocycles. The van der Waals surface area contributed by atoms with E-state index in [0.29, 0.717) is 38.5 Å². The Morgan fingerprint density at radius 2 is 0.512 bits per heavy atom. The third-order valence-electron chi connectivity index (χ3n) is 8.09. The van der Waals surface area contributed by atoms with E-state index >= 15 is 0 Å². The molecule has 3 aliphatic heterocycles. The Balaban J connectivity index is 2.10. The van der Waals surface area contributed by atoms with E-state index in [1.165, 1.54) is 0 Å². The molecule has 3 aliphatic rings. The number of rotatable bonds is 2. The molecule has 12 heteroatoms. The fourth-order valence-corrected chi connectivity index (χ4v) is 11.7. The van der Waals surface area contributed by atoms with E-state index in [9.17, 15) is 20.2 Å². The highest BCUT2D eigenvalue weighted by atomic mass is 32.2. The van der Waals surface area contributed by atoms with Crippen LogP contribution in [-0.4, -0.2) is 90.0 Å². The standard InChI is InChI=1S/C29H54N2O4S6/c32-30(33)28-10-1-16-36-22-7-23-39-19-4-13-29(31(34)35,14-5-20-40-26-8-24-37-17-2-11-28)15-6-21-41-27-9-25-38-18-3-12-28/h1-27H2. The fraction of sp³-hybridized carbons (Fsp3) is 1.00. The van der Waals surface area contributed by atoms with Crippen LogP contribution in [0, 0.1) is 20.2 Å². The maximum absolute atomic E-state index is 12.5. The molecule has 41 heavy (non-hydrogen) atoms. The number of nitrogens with zero attached hydrogens (tertiary/aromatic N) is 2. The minimum atomic E-state index is -0.746. The first kappa shape index (κ1) is 38.1. The van der Waals surface area contributed by atoms with Crippen molar-refractivity contribution in [2.24, 2.45) is 0 Å². The van der Waals surface area contributed by atoms with Crippen molar-refractivity contribution in [2.45, 2.75) is 107 Å². The zero-order valence-electron chi connectivity index (χ0n) is 25.1. The summed E-state index contributed by atoms with van der Waals surface area (Å²) < 4.78 is 0. The second-order valence-corrected chi connectivity index (χ2v) is 18.7. The lowest BCUT2D eigenvalue weighted by Gasteiger charge is -2.26. The Kier molecular flexibility index (Phi) is 22.5. The van der Waals surface area contributed by atoms with Gasteiger partial charge in [-0.15, -0.1) is 0 Å². The van der Waals surface area contributed by atoms with Crippen LogP contribution in [0.15, 0.2) is 0 Å². The van der Waals surface area contributed by atoms with Gasteiger partial charge in [0, 0.05) is 48.4 Å². The molecule has 240 valence electrons. The summed E-state index contributed by atoms with van der Waals surface area (Å²) in [6.07, 6.45) is 13.2. The zero-order chi connectivity index (χ0) is 29.5. The Bertz CT molecular complexity index is 585. The van der Waals surface area contributed by atoms with E-state index in [1.807, 2.05) is 70.6 Å². The van der Waals surface area contributed by atoms with E-state index in [-0.39, 0.29) is 9.85 Å². The quantitative estimate of drug-likeness (QED) is 0.207. The first-order valence-corrected chi connectivity index (χ1v) is 22.7. The summed E-state index contributed by atoms with van der Waals surface area (Å²) in [7, 11) is 0. The topological polar surface area (TPSA) is 86.3 Å². The van der Waals surface area contributed by atoms with Gasteiger partial charge in [-0.2, -0.15) is 70.6 Å². The average molecular weight is 687 g/mol. The fourth-order valence-electron chi connectivity index (χ4n) is 5.72. The Hall–Kier alpha value is 0.900. The van der Waals surface area contributed by atoms with E-state index in [2.05, 4.69) is 0 Å². The summed E-state index contributed by atoms with van der Waals surface area (Å²) in [6.45, 7) is 0. The number of thioether (sulfide) groups is 6. The highest BCUT2D eigenvalue weighted by molar-refractivity contribution is 8.00. The molecule has 3 heterocycles. The Morgan fingerprint density at radius 1 is 0.341 bits per heavy atom. The number of hydrogen-bond acceptors (Lipinski definition) is 10. The highest BCUT2D eigenvalue weighted by Crippen LogP contribution is 2.33. The van der Waals surface area contributed by atoms with Crippen LogP contribution in [0.4, 0.5) is 0 Å². The van der Waals surface area contributed by atoms with Crippen LogP contribution in [0.5, 0.6) is 0 Å². The second-order valence-electron chi connectivity index (χ2n) is 11.3. The van der Waals surface area contributed by atoms with Crippen molar-refractivity contribution in [3.8, 4) is 0 Å². The molecular weight excluding hydrogens is 633 g/mol. The molecule has 0 saturated carbocycles. The van der Waals surface area contributed by atoms with Crippen molar-refractivity contribution in [1.82, 2.24) is 0 Å². The molecule has 0 amide bonds. The van der Waals surface area contributed by atoms with Gasteiger partial charge >= 0.3 is 0 Å². The van der Waals surface area contributed by atoms with Gasteiger partial charge in [-0.05, 0) is 127 Å². The van der Waals surface area contributed by atoms with Gasteiger partial charge in [0.25, 0.3) is 0 Å². The number of hydrogen-bond donors (Lipinski definition) is 0. The van der Waals surface area contributed by atoms with E-state index < -0.39 is 11.1 Å². The van der Waals surface area contributed by atoms with Crippen LogP contribution in [0.2, 0.25) is 0 Å². The van der Waals surface area contributed by atoms with E-state index in [0.717, 1.165) is 127 Å². The molecule has 2 bridgehead atoms. The number of nitro groups is 2. The largest absolute Gasteiger partial charge is 0.264 e. The smallest absolute Gasteiger partial charge is 0.222 e. The van der Waals surface area contributed by atoms with Crippen LogP contribution < -0.4 is 0 Å². The van der Waals surface area contributed by atoms with Gasteiger partial charge in [0.2, 0.25) is 11.1 Å². The molecular formula is C29H54N2O4S6. The van der Waals surface area contributed by atoms with Gasteiger partial charge in [-0.25, -0.2) is 0 Å². The van der Waals surface area contributed by atoms with Crippen molar-refractivity contribution >= 4 is 70.6 Å². The van der Waals surface area contributed by atoms with Crippen molar-refractivity contribution in [2.75, 3.05) is 69.0 Å². The summed E-state index contributed by atoms with van der Waals surface area (Å²) in [5.41, 5.74) is -1.49. The third-order valence-corrected chi connectivity index (χ3v) is 15.0. The molecule has 3 rings (SSSR count). The van der Waals surface area contributed by atoms with Gasteiger partial charge < -0.3 is 0 Å². The van der Waals surface area contributed by atoms with Gasteiger partial charge in [0.15, 0.2) is 0 Å². The van der Waals surface area contributed by atoms with E-state index in [4.69, 9.17) is 0 Å². The minimum absolute atomic E-state index is 0.0958. The maximum atomic E-state index is 12.5. The summed E-state index contributed by atoms with van der Waals surface area (Å²) in [4.78, 5) is 25.1. The predicted molar refractivity (Wildman–Crippen MR) is 193 cm³/mol. The molecule has 0 unspecified atom stereocenters. The summed E-state index contributed by atoms with van der Waals surface area (Å²) >= 11 is 11.6. The molecule has 3 saturated heterocycles. The van der Waals surface area contributed by atoms with Crippen molar-refractivity contribution in [3.05, 3.63) is 20.2 Å². The molecule has 0 atom stereocenters. The third kappa shape index (κ3) is 16.7. The minimum Gasteiger partial charge on any atom is -0.264 e. The molecule has 0 aromatic rings. The summed E-state index contributed by atoms with van der Waals surface area (Å²) in [6, 6.07) is 0. The summed E-state index contributed by atoms with van der Waals surface area (Å²) in [5, 5.41) is 24.9. The van der Waals surface area contributed by atoms with Gasteiger partial charge in [0.1, 0.15) is 0 Å². The molecule has 0 N–H and O–H groups in total. The van der Waals surface area contributed by atoms with Crippen LogP contribution in [0.25, 0.3) is 0 Å². The highest BCUT2D eigenvalue weighted by Gasteiger charge is 2.41.